The van der Waals surface area contributed by atoms with Crippen LogP contribution in [0.4, 0.5) is 4.79 Å². The molecule has 3 rings (SSSR count). The van der Waals surface area contributed by atoms with Gasteiger partial charge in [-0.25, -0.2) is 9.59 Å². The average molecular weight is 402 g/mol. The van der Waals surface area contributed by atoms with Crippen molar-refractivity contribution < 1.29 is 23.9 Å². The van der Waals surface area contributed by atoms with Gasteiger partial charge in [-0.15, -0.1) is 0 Å². The van der Waals surface area contributed by atoms with Gasteiger partial charge in [0.25, 0.3) is 0 Å². The second-order valence-corrected chi connectivity index (χ2v) is 8.89. The quantitative estimate of drug-likeness (QED) is 0.780. The molecule has 0 spiro atoms. The molecule has 4 atom stereocenters. The van der Waals surface area contributed by atoms with Crippen molar-refractivity contribution in [3.63, 3.8) is 0 Å². The van der Waals surface area contributed by atoms with E-state index in [4.69, 9.17) is 9.47 Å². The maximum absolute atomic E-state index is 13.0. The highest BCUT2D eigenvalue weighted by Crippen LogP contribution is 2.46. The van der Waals surface area contributed by atoms with E-state index in [9.17, 15) is 14.4 Å². The molecule has 1 aromatic rings. The van der Waals surface area contributed by atoms with Crippen LogP contribution < -0.4 is 5.32 Å². The summed E-state index contributed by atoms with van der Waals surface area (Å²) in [5.41, 5.74) is 0.724. The Morgan fingerprint density at radius 3 is 2.38 bits per heavy atom. The molecule has 1 N–H and O–H groups in total. The van der Waals surface area contributed by atoms with Crippen LogP contribution in [0.1, 0.15) is 68.9 Å². The highest BCUT2D eigenvalue weighted by atomic mass is 16.6. The first-order chi connectivity index (χ1) is 13.6. The standard InChI is InChI=1S/C22H30N2O5/c1-13(14-6-8-15(9-7-14)20(26)28-5)23-19(25)17-11-10-16-12-18(16)24(17)21(27)29-22(2,3)4/h6-9,13,16-18H,10-12H2,1-5H3,(H,23,25). The highest BCUT2D eigenvalue weighted by molar-refractivity contribution is 5.89. The molecule has 158 valence electrons. The first-order valence-corrected chi connectivity index (χ1v) is 10.1. The SMILES string of the molecule is COC(=O)c1ccc(C(C)NC(=O)C2CCC3CC3N2C(=O)OC(C)(C)C)cc1. The number of rotatable bonds is 4. The predicted octanol–water partition coefficient (Wildman–Crippen LogP) is 3.44. The molecule has 4 unspecified atom stereocenters. The fraction of sp³-hybridized carbons (Fsp3) is 0.591. The molecule has 0 aromatic heterocycles. The fourth-order valence-corrected chi connectivity index (χ4v) is 3.88. The van der Waals surface area contributed by atoms with Crippen LogP contribution in [0.15, 0.2) is 24.3 Å². The largest absolute Gasteiger partial charge is 0.465 e. The first-order valence-electron chi connectivity index (χ1n) is 10.1. The molecule has 7 heteroatoms. The summed E-state index contributed by atoms with van der Waals surface area (Å²) in [7, 11) is 1.34. The van der Waals surface area contributed by atoms with Gasteiger partial charge in [0.1, 0.15) is 11.6 Å². The number of benzene rings is 1. The van der Waals surface area contributed by atoms with Crippen molar-refractivity contribution in [3.05, 3.63) is 35.4 Å². The number of amides is 2. The number of fused-ring (bicyclic) bond motifs is 1. The molecule has 1 heterocycles. The summed E-state index contributed by atoms with van der Waals surface area (Å²) < 4.78 is 10.3. The van der Waals surface area contributed by atoms with Gasteiger partial charge in [-0.3, -0.25) is 9.69 Å². The maximum atomic E-state index is 13.0. The number of nitrogens with one attached hydrogen (secondary N) is 1. The third-order valence-corrected chi connectivity index (χ3v) is 5.49. The van der Waals surface area contributed by atoms with Gasteiger partial charge < -0.3 is 14.8 Å². The molecule has 2 aliphatic rings. The van der Waals surface area contributed by atoms with Crippen LogP contribution in [0, 0.1) is 5.92 Å². The lowest BCUT2D eigenvalue weighted by atomic mass is 10.0. The summed E-state index contributed by atoms with van der Waals surface area (Å²) in [5, 5.41) is 3.01. The molecule has 0 radical (unpaired) electrons. The van der Waals surface area contributed by atoms with E-state index in [1.54, 1.807) is 29.2 Å². The number of methoxy groups -OCH3 is 1. The highest BCUT2D eigenvalue weighted by Gasteiger charge is 2.53. The third-order valence-electron chi connectivity index (χ3n) is 5.49. The van der Waals surface area contributed by atoms with Crippen LogP contribution in [0.5, 0.6) is 0 Å². The lowest BCUT2D eigenvalue weighted by Gasteiger charge is -2.36. The Bertz CT molecular complexity index is 783. The van der Waals surface area contributed by atoms with E-state index in [-0.39, 0.29) is 18.0 Å². The summed E-state index contributed by atoms with van der Waals surface area (Å²) in [6, 6.07) is 6.25. The van der Waals surface area contributed by atoms with Crippen molar-refractivity contribution in [1.29, 1.82) is 0 Å². The molecular formula is C22H30N2O5. The zero-order valence-electron chi connectivity index (χ0n) is 17.7. The van der Waals surface area contributed by atoms with Crippen molar-refractivity contribution >= 4 is 18.0 Å². The minimum absolute atomic E-state index is 0.101. The number of hydrogen-bond donors (Lipinski definition) is 1. The van der Waals surface area contributed by atoms with Crippen LogP contribution in [-0.4, -0.2) is 47.7 Å². The Morgan fingerprint density at radius 2 is 1.79 bits per heavy atom. The van der Waals surface area contributed by atoms with Crippen LogP contribution in [0.3, 0.4) is 0 Å². The second-order valence-electron chi connectivity index (χ2n) is 8.89. The monoisotopic (exact) mass is 402 g/mol. The summed E-state index contributed by atoms with van der Waals surface area (Å²) in [6.45, 7) is 7.36. The molecular weight excluding hydrogens is 372 g/mol. The van der Waals surface area contributed by atoms with Gasteiger partial charge in [0.05, 0.1) is 18.7 Å². The van der Waals surface area contributed by atoms with Gasteiger partial charge in [0.2, 0.25) is 5.91 Å². The Hall–Kier alpha value is -2.57. The zero-order valence-corrected chi connectivity index (χ0v) is 17.7. The van der Waals surface area contributed by atoms with E-state index in [0.29, 0.717) is 17.9 Å². The average Bonchev–Trinajstić information content (AvgIpc) is 3.44. The second kappa shape index (κ2) is 8.05. The summed E-state index contributed by atoms with van der Waals surface area (Å²) in [5.74, 6) is -0.0944. The smallest absolute Gasteiger partial charge is 0.411 e. The Balaban J connectivity index is 1.67. The lowest BCUT2D eigenvalue weighted by Crippen LogP contribution is -2.54. The summed E-state index contributed by atoms with van der Waals surface area (Å²) in [4.78, 5) is 39.0. The molecule has 1 saturated carbocycles. The normalized spacial score (nSPS) is 24.2. The Labute approximate surface area is 171 Å². The number of esters is 1. The molecule has 7 nitrogen and oxygen atoms in total. The lowest BCUT2D eigenvalue weighted by molar-refractivity contribution is -0.128. The van der Waals surface area contributed by atoms with E-state index >= 15 is 0 Å². The molecule has 1 aliphatic carbocycles. The number of likely N-dealkylation sites (tertiary alicyclic amines) is 1. The van der Waals surface area contributed by atoms with Crippen LogP contribution in [0.2, 0.25) is 0 Å². The minimum atomic E-state index is -0.603. The number of piperidine rings is 1. The molecule has 2 amide bonds. The van der Waals surface area contributed by atoms with E-state index in [1.165, 1.54) is 7.11 Å². The number of hydrogen-bond acceptors (Lipinski definition) is 5. The van der Waals surface area contributed by atoms with Crippen molar-refractivity contribution in [2.75, 3.05) is 7.11 Å². The minimum Gasteiger partial charge on any atom is -0.465 e. The van der Waals surface area contributed by atoms with E-state index < -0.39 is 23.7 Å². The Morgan fingerprint density at radius 1 is 1.14 bits per heavy atom. The predicted molar refractivity (Wildman–Crippen MR) is 107 cm³/mol. The number of carbonyl (C=O) groups excluding carboxylic acids is 3. The van der Waals surface area contributed by atoms with Gasteiger partial charge >= 0.3 is 12.1 Å². The summed E-state index contributed by atoms with van der Waals surface area (Å²) in [6.07, 6.45) is 2.11. The molecule has 1 aromatic carbocycles. The van der Waals surface area contributed by atoms with Crippen LogP contribution in [-0.2, 0) is 14.3 Å². The van der Waals surface area contributed by atoms with Crippen molar-refractivity contribution in [3.8, 4) is 0 Å². The van der Waals surface area contributed by atoms with Gasteiger partial charge in [0, 0.05) is 6.04 Å². The van der Waals surface area contributed by atoms with Gasteiger partial charge in [-0.05, 0) is 70.6 Å². The van der Waals surface area contributed by atoms with Crippen LogP contribution in [0.25, 0.3) is 0 Å². The van der Waals surface area contributed by atoms with Crippen molar-refractivity contribution in [2.45, 2.75) is 70.7 Å². The molecule has 29 heavy (non-hydrogen) atoms. The van der Waals surface area contributed by atoms with E-state index in [1.807, 2.05) is 27.7 Å². The van der Waals surface area contributed by atoms with Crippen molar-refractivity contribution in [2.24, 2.45) is 5.92 Å². The topological polar surface area (TPSA) is 84.9 Å². The van der Waals surface area contributed by atoms with Gasteiger partial charge in [-0.1, -0.05) is 12.1 Å². The molecule has 0 bridgehead atoms. The fourth-order valence-electron chi connectivity index (χ4n) is 3.88. The molecule has 1 aliphatic heterocycles. The Kier molecular flexibility index (Phi) is 5.87. The first kappa shape index (κ1) is 21.1. The maximum Gasteiger partial charge on any atom is 0.411 e. The van der Waals surface area contributed by atoms with E-state index in [0.717, 1.165) is 18.4 Å². The number of nitrogens with zero attached hydrogens (tertiary/aromatic N) is 1. The zero-order chi connectivity index (χ0) is 21.3. The number of ether oxygens (including phenoxy) is 2. The molecule has 2 fully saturated rings. The van der Waals surface area contributed by atoms with Crippen LogP contribution >= 0.6 is 0 Å². The van der Waals surface area contributed by atoms with E-state index in [2.05, 4.69) is 5.32 Å². The van der Waals surface area contributed by atoms with Gasteiger partial charge in [0.15, 0.2) is 0 Å². The van der Waals surface area contributed by atoms with Gasteiger partial charge in [-0.2, -0.15) is 0 Å². The number of carbonyl (C=O) groups is 3. The van der Waals surface area contributed by atoms with Crippen molar-refractivity contribution in [1.82, 2.24) is 10.2 Å². The summed E-state index contributed by atoms with van der Waals surface area (Å²) >= 11 is 0. The molecule has 1 saturated heterocycles. The third kappa shape index (κ3) is 4.89.